The van der Waals surface area contributed by atoms with Gasteiger partial charge in [-0.3, -0.25) is 4.79 Å². The van der Waals surface area contributed by atoms with Gasteiger partial charge < -0.3 is 9.80 Å². The molecule has 172 valence electrons. The molecule has 1 amide bonds. The number of likely N-dealkylation sites (tertiary alicyclic amines) is 1. The van der Waals surface area contributed by atoms with E-state index in [1.165, 1.54) is 28.5 Å². The number of nitrogens with zero attached hydrogens (tertiary/aromatic N) is 6. The highest BCUT2D eigenvalue weighted by atomic mass is 32.2. The van der Waals surface area contributed by atoms with Crippen LogP contribution in [0.4, 0.5) is 5.69 Å². The van der Waals surface area contributed by atoms with Crippen LogP contribution in [-0.4, -0.2) is 62.9 Å². The van der Waals surface area contributed by atoms with E-state index in [4.69, 9.17) is 0 Å². The molecular formula is C25H30N6OS. The summed E-state index contributed by atoms with van der Waals surface area (Å²) in [6.45, 7) is 10.3. The Hall–Kier alpha value is -2.71. The molecule has 2 aromatic carbocycles. The van der Waals surface area contributed by atoms with Gasteiger partial charge in [0.25, 0.3) is 0 Å². The minimum Gasteiger partial charge on any atom is -0.308 e. The van der Waals surface area contributed by atoms with E-state index >= 15 is 0 Å². The Morgan fingerprint density at radius 1 is 1.09 bits per heavy atom. The molecule has 0 bridgehead atoms. The molecule has 1 aromatic heterocycles. The molecule has 2 atom stereocenters. The predicted molar refractivity (Wildman–Crippen MR) is 131 cm³/mol. The summed E-state index contributed by atoms with van der Waals surface area (Å²) in [5.74, 6) is 0.793. The van der Waals surface area contributed by atoms with Crippen molar-refractivity contribution < 1.29 is 4.79 Å². The van der Waals surface area contributed by atoms with Crippen LogP contribution in [0.15, 0.2) is 35.5 Å². The summed E-state index contributed by atoms with van der Waals surface area (Å²) in [4.78, 5) is 18.0. The Balaban J connectivity index is 1.40. The number of carbonyl (C=O) groups is 1. The molecule has 0 saturated carbocycles. The highest BCUT2D eigenvalue weighted by molar-refractivity contribution is 7.99. The Morgan fingerprint density at radius 3 is 2.61 bits per heavy atom. The number of amides is 1. The summed E-state index contributed by atoms with van der Waals surface area (Å²) in [6.07, 6.45) is 0.991. The summed E-state index contributed by atoms with van der Waals surface area (Å²) < 4.78 is 1.77. The van der Waals surface area contributed by atoms with E-state index in [0.717, 1.165) is 42.0 Å². The molecule has 0 unspecified atom stereocenters. The van der Waals surface area contributed by atoms with Crippen molar-refractivity contribution in [3.63, 3.8) is 0 Å². The number of thioether (sulfide) groups is 1. The fourth-order valence-electron chi connectivity index (χ4n) is 5.52. The normalized spacial score (nSPS) is 20.1. The fraction of sp³-hybridized carbons (Fsp3) is 0.440. The maximum Gasteiger partial charge on any atom is 0.237 e. The van der Waals surface area contributed by atoms with E-state index in [1.807, 2.05) is 0 Å². The van der Waals surface area contributed by atoms with Crippen LogP contribution >= 0.6 is 11.8 Å². The van der Waals surface area contributed by atoms with Crippen LogP contribution < -0.4 is 4.90 Å². The zero-order chi connectivity index (χ0) is 23.3. The summed E-state index contributed by atoms with van der Waals surface area (Å²) in [7, 11) is 2.17. The molecule has 0 spiro atoms. The lowest BCUT2D eigenvalue weighted by atomic mass is 9.89. The van der Waals surface area contributed by atoms with Gasteiger partial charge in [-0.1, -0.05) is 47.2 Å². The number of anilines is 1. The van der Waals surface area contributed by atoms with Crippen LogP contribution in [0.2, 0.25) is 0 Å². The van der Waals surface area contributed by atoms with E-state index in [0.29, 0.717) is 16.8 Å². The second-order valence-corrected chi connectivity index (χ2v) is 10.4. The number of aryl methyl sites for hydroxylation is 4. The summed E-state index contributed by atoms with van der Waals surface area (Å²) in [5.41, 5.74) is 8.05. The van der Waals surface area contributed by atoms with Crippen LogP contribution in [-0.2, 0) is 4.79 Å². The SMILES string of the molecule is Cc1cc(C)c(-n2nnnc2SCC(=O)N2c3ccc(C)cc3[C@@H]3CN(C)CC[C@H]32)c(C)c1. The molecule has 5 rings (SSSR count). The van der Waals surface area contributed by atoms with Gasteiger partial charge >= 0.3 is 0 Å². The van der Waals surface area contributed by atoms with Crippen molar-refractivity contribution in [2.24, 2.45) is 0 Å². The van der Waals surface area contributed by atoms with E-state index in [2.05, 4.69) is 90.4 Å². The van der Waals surface area contributed by atoms with Gasteiger partial charge in [0, 0.05) is 24.2 Å². The van der Waals surface area contributed by atoms with Crippen LogP contribution in [0.5, 0.6) is 0 Å². The lowest BCUT2D eigenvalue weighted by molar-refractivity contribution is -0.116. The Bertz CT molecular complexity index is 1200. The van der Waals surface area contributed by atoms with Crippen LogP contribution in [0.3, 0.4) is 0 Å². The lowest BCUT2D eigenvalue weighted by Gasteiger charge is -2.36. The van der Waals surface area contributed by atoms with Crippen molar-refractivity contribution in [1.29, 1.82) is 0 Å². The summed E-state index contributed by atoms with van der Waals surface area (Å²) >= 11 is 1.41. The van der Waals surface area contributed by atoms with Gasteiger partial charge in [-0.05, 0) is 80.9 Å². The second kappa shape index (κ2) is 8.57. The molecule has 2 aliphatic rings. The Kier molecular flexibility index (Phi) is 5.74. The first-order valence-electron chi connectivity index (χ1n) is 11.4. The number of fused-ring (bicyclic) bond motifs is 3. The van der Waals surface area contributed by atoms with Gasteiger partial charge in [0.1, 0.15) is 0 Å². The molecule has 1 fully saturated rings. The van der Waals surface area contributed by atoms with Crippen LogP contribution in [0.1, 0.15) is 40.2 Å². The molecule has 2 aliphatic heterocycles. The molecule has 33 heavy (non-hydrogen) atoms. The Labute approximate surface area is 199 Å². The van der Waals surface area contributed by atoms with Gasteiger partial charge in [-0.15, -0.1) is 5.10 Å². The monoisotopic (exact) mass is 462 g/mol. The number of tetrazole rings is 1. The topological polar surface area (TPSA) is 67.2 Å². The van der Waals surface area contributed by atoms with Crippen molar-refractivity contribution >= 4 is 23.4 Å². The molecule has 0 radical (unpaired) electrons. The highest BCUT2D eigenvalue weighted by Gasteiger charge is 2.43. The van der Waals surface area contributed by atoms with Gasteiger partial charge in [0.05, 0.1) is 11.4 Å². The molecule has 3 heterocycles. The standard InChI is InChI=1S/C25H30N6OS/c1-15-6-7-21-19(12-15)20-13-29(5)9-8-22(20)30(21)23(32)14-33-25-26-27-28-31(25)24-17(3)10-16(2)11-18(24)4/h6-7,10-12,20,22H,8-9,13-14H2,1-5H3/t20-,22+/m0/s1. The van der Waals surface area contributed by atoms with E-state index < -0.39 is 0 Å². The average molecular weight is 463 g/mol. The van der Waals surface area contributed by atoms with Crippen molar-refractivity contribution in [3.05, 3.63) is 58.1 Å². The zero-order valence-electron chi connectivity index (χ0n) is 19.9. The predicted octanol–water partition coefficient (Wildman–Crippen LogP) is 3.82. The van der Waals surface area contributed by atoms with Gasteiger partial charge in [0.15, 0.2) is 0 Å². The smallest absolute Gasteiger partial charge is 0.237 e. The largest absolute Gasteiger partial charge is 0.308 e. The number of hydrogen-bond acceptors (Lipinski definition) is 6. The maximum atomic E-state index is 13.6. The number of benzene rings is 2. The first-order valence-corrected chi connectivity index (χ1v) is 12.4. The zero-order valence-corrected chi connectivity index (χ0v) is 20.7. The number of hydrogen-bond donors (Lipinski definition) is 0. The quantitative estimate of drug-likeness (QED) is 0.549. The van der Waals surface area contributed by atoms with Crippen molar-refractivity contribution in [2.75, 3.05) is 30.8 Å². The fourth-order valence-corrected chi connectivity index (χ4v) is 6.25. The second-order valence-electron chi connectivity index (χ2n) is 9.46. The Morgan fingerprint density at radius 2 is 1.85 bits per heavy atom. The maximum absolute atomic E-state index is 13.6. The number of piperidine rings is 1. The van der Waals surface area contributed by atoms with Crippen molar-refractivity contribution in [2.45, 2.75) is 51.2 Å². The first kappa shape index (κ1) is 22.1. The van der Waals surface area contributed by atoms with Gasteiger partial charge in [-0.2, -0.15) is 4.68 Å². The van der Waals surface area contributed by atoms with Crippen LogP contribution in [0.25, 0.3) is 5.69 Å². The number of likely N-dealkylation sites (N-methyl/N-ethyl adjacent to an activating group) is 1. The van der Waals surface area contributed by atoms with E-state index in [9.17, 15) is 4.79 Å². The average Bonchev–Trinajstić information content (AvgIpc) is 3.33. The number of carbonyl (C=O) groups excluding carboxylic acids is 1. The number of rotatable bonds is 4. The number of aromatic nitrogens is 4. The van der Waals surface area contributed by atoms with Gasteiger partial charge in [-0.25, -0.2) is 0 Å². The molecular weight excluding hydrogens is 432 g/mol. The first-order chi connectivity index (χ1) is 15.8. The summed E-state index contributed by atoms with van der Waals surface area (Å²) in [6, 6.07) is 11.0. The molecule has 8 heteroatoms. The summed E-state index contributed by atoms with van der Waals surface area (Å²) in [5, 5.41) is 13.0. The van der Waals surface area contributed by atoms with Crippen molar-refractivity contribution in [3.8, 4) is 5.69 Å². The van der Waals surface area contributed by atoms with Crippen molar-refractivity contribution in [1.82, 2.24) is 25.1 Å². The van der Waals surface area contributed by atoms with E-state index in [1.54, 1.807) is 4.68 Å². The third-order valence-electron chi connectivity index (χ3n) is 6.83. The third kappa shape index (κ3) is 3.95. The third-order valence-corrected chi connectivity index (χ3v) is 7.74. The lowest BCUT2D eigenvalue weighted by Crippen LogP contribution is -2.47. The van der Waals surface area contributed by atoms with Gasteiger partial charge in [0.2, 0.25) is 11.1 Å². The minimum atomic E-state index is 0.119. The molecule has 7 nitrogen and oxygen atoms in total. The minimum absolute atomic E-state index is 0.119. The van der Waals surface area contributed by atoms with Crippen LogP contribution in [0, 0.1) is 27.7 Å². The van der Waals surface area contributed by atoms with E-state index in [-0.39, 0.29) is 11.9 Å². The molecule has 3 aromatic rings. The molecule has 0 aliphatic carbocycles. The molecule has 1 saturated heterocycles. The highest BCUT2D eigenvalue weighted by Crippen LogP contribution is 2.45. The molecule has 0 N–H and O–H groups in total.